The van der Waals surface area contributed by atoms with Gasteiger partial charge in [0.15, 0.2) is 0 Å². The maximum Gasteiger partial charge on any atom is 0.224 e. The molecule has 0 heterocycles. The Hall–Kier alpha value is -0.610. The predicted molar refractivity (Wildman–Crippen MR) is 68.7 cm³/mol. The van der Waals surface area contributed by atoms with Crippen LogP contribution < -0.4 is 11.1 Å². The Morgan fingerprint density at radius 2 is 2.06 bits per heavy atom. The highest BCUT2D eigenvalue weighted by atomic mass is 16.3. The van der Waals surface area contributed by atoms with E-state index in [2.05, 4.69) is 5.32 Å². The van der Waals surface area contributed by atoms with Crippen LogP contribution in [0, 0.1) is 23.2 Å². The highest BCUT2D eigenvalue weighted by Crippen LogP contribution is 2.49. The SMILES string of the molecule is NC1C2CCC(C2)C1C(=O)NCC1(CCO)CC1. The van der Waals surface area contributed by atoms with E-state index in [9.17, 15) is 4.79 Å². The molecule has 3 rings (SSSR count). The van der Waals surface area contributed by atoms with Crippen molar-refractivity contribution < 1.29 is 9.90 Å². The van der Waals surface area contributed by atoms with Crippen molar-refractivity contribution in [1.82, 2.24) is 5.32 Å². The first-order valence-electron chi connectivity index (χ1n) is 7.29. The third-order valence-corrected chi connectivity index (χ3v) is 5.52. The first-order valence-corrected chi connectivity index (χ1v) is 7.29. The molecule has 4 N–H and O–H groups in total. The molecule has 3 saturated carbocycles. The van der Waals surface area contributed by atoms with Gasteiger partial charge in [-0.1, -0.05) is 0 Å². The van der Waals surface area contributed by atoms with Gasteiger partial charge in [0.25, 0.3) is 0 Å². The van der Waals surface area contributed by atoms with E-state index in [1.807, 2.05) is 0 Å². The van der Waals surface area contributed by atoms with Crippen LogP contribution in [-0.2, 0) is 4.79 Å². The van der Waals surface area contributed by atoms with Crippen molar-refractivity contribution in [1.29, 1.82) is 0 Å². The van der Waals surface area contributed by atoms with Crippen LogP contribution in [0.15, 0.2) is 0 Å². The lowest BCUT2D eigenvalue weighted by atomic mass is 9.84. The van der Waals surface area contributed by atoms with Crippen molar-refractivity contribution in [2.75, 3.05) is 13.2 Å². The van der Waals surface area contributed by atoms with E-state index in [1.165, 1.54) is 12.8 Å². The Morgan fingerprint density at radius 3 is 2.61 bits per heavy atom. The normalized spacial score (nSPS) is 39.9. The molecule has 3 aliphatic carbocycles. The third-order valence-electron chi connectivity index (χ3n) is 5.52. The fraction of sp³-hybridized carbons (Fsp3) is 0.929. The van der Waals surface area contributed by atoms with Gasteiger partial charge in [0, 0.05) is 19.2 Å². The highest BCUT2D eigenvalue weighted by molar-refractivity contribution is 5.80. The van der Waals surface area contributed by atoms with Gasteiger partial charge in [0.05, 0.1) is 5.92 Å². The molecule has 4 unspecified atom stereocenters. The van der Waals surface area contributed by atoms with Crippen LogP contribution in [0.2, 0.25) is 0 Å². The van der Waals surface area contributed by atoms with Crippen molar-refractivity contribution >= 4 is 5.91 Å². The number of aliphatic hydroxyl groups excluding tert-OH is 1. The van der Waals surface area contributed by atoms with Gasteiger partial charge < -0.3 is 16.2 Å². The molecule has 0 aromatic heterocycles. The minimum Gasteiger partial charge on any atom is -0.396 e. The molecule has 3 fully saturated rings. The summed E-state index contributed by atoms with van der Waals surface area (Å²) < 4.78 is 0. The summed E-state index contributed by atoms with van der Waals surface area (Å²) in [6, 6.07) is 0.0803. The van der Waals surface area contributed by atoms with Gasteiger partial charge in [-0.05, 0) is 55.8 Å². The average molecular weight is 252 g/mol. The van der Waals surface area contributed by atoms with Gasteiger partial charge in [-0.3, -0.25) is 4.79 Å². The lowest BCUT2D eigenvalue weighted by Crippen LogP contribution is -2.46. The van der Waals surface area contributed by atoms with Crippen molar-refractivity contribution in [3.63, 3.8) is 0 Å². The summed E-state index contributed by atoms with van der Waals surface area (Å²) in [5, 5.41) is 12.1. The summed E-state index contributed by atoms with van der Waals surface area (Å²) in [6.45, 7) is 0.955. The van der Waals surface area contributed by atoms with Crippen LogP contribution in [0.3, 0.4) is 0 Å². The fourth-order valence-electron chi connectivity index (χ4n) is 4.05. The standard InChI is InChI=1S/C14H24N2O2/c15-12-10-2-1-9(7-10)11(12)13(18)16-8-14(3-4-14)5-6-17/h9-12,17H,1-8,15H2,(H,16,18). The predicted octanol–water partition coefficient (Wildman–Crippen LogP) is 0.639. The van der Waals surface area contributed by atoms with Crippen LogP contribution in [0.5, 0.6) is 0 Å². The van der Waals surface area contributed by atoms with E-state index < -0.39 is 0 Å². The van der Waals surface area contributed by atoms with E-state index in [-0.39, 0.29) is 29.9 Å². The van der Waals surface area contributed by atoms with Gasteiger partial charge in [0.1, 0.15) is 0 Å². The van der Waals surface area contributed by atoms with Crippen LogP contribution in [0.4, 0.5) is 0 Å². The molecule has 1 amide bonds. The summed E-state index contributed by atoms with van der Waals surface area (Å²) >= 11 is 0. The van der Waals surface area contributed by atoms with Crippen molar-refractivity contribution in [2.45, 2.75) is 44.6 Å². The van der Waals surface area contributed by atoms with Crippen molar-refractivity contribution in [3.8, 4) is 0 Å². The molecule has 18 heavy (non-hydrogen) atoms. The molecule has 0 saturated heterocycles. The second-order valence-electron chi connectivity index (χ2n) is 6.63. The Bertz CT molecular complexity index is 339. The van der Waals surface area contributed by atoms with Crippen molar-refractivity contribution in [2.24, 2.45) is 28.9 Å². The van der Waals surface area contributed by atoms with Gasteiger partial charge >= 0.3 is 0 Å². The zero-order valence-electron chi connectivity index (χ0n) is 10.9. The number of hydrogen-bond donors (Lipinski definition) is 3. The number of aliphatic hydroxyl groups is 1. The van der Waals surface area contributed by atoms with Crippen LogP contribution in [-0.4, -0.2) is 30.2 Å². The summed E-state index contributed by atoms with van der Waals surface area (Å²) in [6.07, 6.45) is 6.63. The molecule has 0 spiro atoms. The quantitative estimate of drug-likeness (QED) is 0.672. The summed E-state index contributed by atoms with van der Waals surface area (Å²) in [7, 11) is 0. The zero-order valence-corrected chi connectivity index (χ0v) is 10.9. The van der Waals surface area contributed by atoms with Gasteiger partial charge in [-0.25, -0.2) is 0 Å². The molecule has 4 atom stereocenters. The van der Waals surface area contributed by atoms with Gasteiger partial charge in [-0.2, -0.15) is 0 Å². The Balaban J connectivity index is 1.53. The summed E-state index contributed by atoms with van der Waals surface area (Å²) in [5.74, 6) is 1.32. The van der Waals surface area contributed by atoms with E-state index in [0.717, 1.165) is 32.2 Å². The number of rotatable bonds is 5. The lowest BCUT2D eigenvalue weighted by Gasteiger charge is -2.27. The highest BCUT2D eigenvalue weighted by Gasteiger charge is 2.50. The number of fused-ring (bicyclic) bond motifs is 2. The first kappa shape index (κ1) is 12.4. The Labute approximate surface area is 108 Å². The molecule has 2 bridgehead atoms. The van der Waals surface area contributed by atoms with E-state index >= 15 is 0 Å². The maximum atomic E-state index is 12.3. The smallest absolute Gasteiger partial charge is 0.224 e. The van der Waals surface area contributed by atoms with E-state index in [1.54, 1.807) is 0 Å². The number of carbonyl (C=O) groups is 1. The number of nitrogens with two attached hydrogens (primary N) is 1. The number of nitrogens with one attached hydrogen (secondary N) is 1. The summed E-state index contributed by atoms with van der Waals surface area (Å²) in [5.41, 5.74) is 6.38. The van der Waals surface area contributed by atoms with E-state index in [0.29, 0.717) is 11.8 Å². The van der Waals surface area contributed by atoms with E-state index in [4.69, 9.17) is 10.8 Å². The lowest BCUT2D eigenvalue weighted by molar-refractivity contribution is -0.127. The van der Waals surface area contributed by atoms with Crippen LogP contribution in [0.25, 0.3) is 0 Å². The molecule has 4 heteroatoms. The molecule has 0 aliphatic heterocycles. The average Bonchev–Trinajstić information content (AvgIpc) is 2.83. The fourth-order valence-corrected chi connectivity index (χ4v) is 4.05. The largest absolute Gasteiger partial charge is 0.396 e. The minimum absolute atomic E-state index is 0.0497. The zero-order chi connectivity index (χ0) is 12.8. The summed E-state index contributed by atoms with van der Waals surface area (Å²) in [4.78, 5) is 12.3. The van der Waals surface area contributed by atoms with Crippen LogP contribution in [0.1, 0.15) is 38.5 Å². The topological polar surface area (TPSA) is 75.4 Å². The molecular weight excluding hydrogens is 228 g/mol. The number of hydrogen-bond acceptors (Lipinski definition) is 3. The first-order chi connectivity index (χ1) is 8.65. The van der Waals surface area contributed by atoms with Crippen molar-refractivity contribution in [3.05, 3.63) is 0 Å². The Kier molecular flexibility index (Phi) is 3.10. The third kappa shape index (κ3) is 2.05. The maximum absolute atomic E-state index is 12.3. The molecule has 0 aromatic carbocycles. The minimum atomic E-state index is 0.0497. The molecular formula is C14H24N2O2. The molecule has 3 aliphatic rings. The molecule has 0 radical (unpaired) electrons. The Morgan fingerprint density at radius 1 is 1.33 bits per heavy atom. The van der Waals surface area contributed by atoms with Gasteiger partial charge in [-0.15, -0.1) is 0 Å². The van der Waals surface area contributed by atoms with Gasteiger partial charge in [0.2, 0.25) is 5.91 Å². The second kappa shape index (κ2) is 4.49. The second-order valence-corrected chi connectivity index (χ2v) is 6.63. The molecule has 0 aromatic rings. The molecule has 4 nitrogen and oxygen atoms in total. The molecule has 102 valence electrons. The number of amides is 1. The monoisotopic (exact) mass is 252 g/mol. The van der Waals surface area contributed by atoms with Crippen LogP contribution >= 0.6 is 0 Å². The number of carbonyl (C=O) groups excluding carboxylic acids is 1.